The highest BCUT2D eigenvalue weighted by molar-refractivity contribution is 7.17. The van der Waals surface area contributed by atoms with E-state index in [1.807, 2.05) is 30.3 Å². The summed E-state index contributed by atoms with van der Waals surface area (Å²) >= 11 is 1.54. The number of aromatic nitrogens is 1. The molecule has 0 radical (unpaired) electrons. The molecule has 0 atom stereocenters. The predicted molar refractivity (Wildman–Crippen MR) is 115 cm³/mol. The van der Waals surface area contributed by atoms with Crippen LogP contribution in [0.25, 0.3) is 0 Å². The van der Waals surface area contributed by atoms with Gasteiger partial charge in [-0.25, -0.2) is 0 Å². The van der Waals surface area contributed by atoms with Crippen LogP contribution in [0.1, 0.15) is 56.0 Å². The van der Waals surface area contributed by atoms with Crippen molar-refractivity contribution in [2.24, 2.45) is 0 Å². The van der Waals surface area contributed by atoms with Crippen LogP contribution in [-0.2, 0) is 19.4 Å². The fourth-order valence-electron chi connectivity index (χ4n) is 3.61. The summed E-state index contributed by atoms with van der Waals surface area (Å²) < 4.78 is 0. The quantitative estimate of drug-likeness (QED) is 0.610. The van der Waals surface area contributed by atoms with Gasteiger partial charge in [0.05, 0.1) is 5.56 Å². The summed E-state index contributed by atoms with van der Waals surface area (Å²) in [5.74, 6) is -0.333. The number of aryl methyl sites for hydroxylation is 1. The van der Waals surface area contributed by atoms with Crippen molar-refractivity contribution in [3.05, 3.63) is 82.0 Å². The van der Waals surface area contributed by atoms with Crippen molar-refractivity contribution in [2.75, 3.05) is 5.32 Å². The summed E-state index contributed by atoms with van der Waals surface area (Å²) in [7, 11) is 0. The molecule has 0 fully saturated rings. The lowest BCUT2D eigenvalue weighted by Gasteiger charge is -2.10. The number of nitrogens with one attached hydrogen (secondary N) is 2. The number of amides is 2. The molecule has 0 unspecified atom stereocenters. The van der Waals surface area contributed by atoms with Crippen molar-refractivity contribution in [1.82, 2.24) is 10.3 Å². The zero-order valence-corrected chi connectivity index (χ0v) is 16.9. The van der Waals surface area contributed by atoms with E-state index in [-0.39, 0.29) is 11.8 Å². The van der Waals surface area contributed by atoms with Gasteiger partial charge in [-0.15, -0.1) is 11.3 Å². The highest BCUT2D eigenvalue weighted by atomic mass is 32.1. The van der Waals surface area contributed by atoms with Crippen molar-refractivity contribution < 1.29 is 9.59 Å². The number of nitrogens with zero attached hydrogens (tertiary/aromatic N) is 1. The monoisotopic (exact) mass is 405 g/mol. The van der Waals surface area contributed by atoms with Gasteiger partial charge < -0.3 is 10.6 Å². The maximum atomic E-state index is 13.1. The standard InChI is InChI=1S/C23H23N3O2S/c27-21(17-9-3-1-4-10-17)26-23-20(18-11-5-2-6-12-19(18)29-23)22(28)25-15-16-8-7-13-24-14-16/h1,3-4,7-10,13-14H,2,5-6,11-12,15H2,(H,25,28)(H,26,27). The van der Waals surface area contributed by atoms with Gasteiger partial charge in [0.1, 0.15) is 5.00 Å². The summed E-state index contributed by atoms with van der Waals surface area (Å²) in [6.45, 7) is 0.406. The number of fused-ring (bicyclic) bond motifs is 1. The van der Waals surface area contributed by atoms with Gasteiger partial charge >= 0.3 is 0 Å². The van der Waals surface area contributed by atoms with E-state index in [9.17, 15) is 9.59 Å². The van der Waals surface area contributed by atoms with Crippen molar-refractivity contribution in [3.8, 4) is 0 Å². The highest BCUT2D eigenvalue weighted by Crippen LogP contribution is 2.37. The van der Waals surface area contributed by atoms with Gasteiger partial charge in [0.15, 0.2) is 0 Å². The SMILES string of the molecule is O=C(Nc1sc2c(c1C(=O)NCc1cccnc1)CCCCC2)c1ccccc1. The predicted octanol–water partition coefficient (Wildman–Crippen LogP) is 4.59. The molecule has 0 bridgehead atoms. The Kier molecular flexibility index (Phi) is 6.00. The number of rotatable bonds is 5. The number of carbonyl (C=O) groups excluding carboxylic acids is 2. The third-order valence-electron chi connectivity index (χ3n) is 5.09. The summed E-state index contributed by atoms with van der Waals surface area (Å²) in [6.07, 6.45) is 8.65. The summed E-state index contributed by atoms with van der Waals surface area (Å²) in [6, 6.07) is 12.9. The average molecular weight is 406 g/mol. The van der Waals surface area contributed by atoms with Gasteiger partial charge in [-0.2, -0.15) is 0 Å². The Morgan fingerprint density at radius 3 is 2.59 bits per heavy atom. The Balaban J connectivity index is 1.60. The molecule has 2 heterocycles. The van der Waals surface area contributed by atoms with Crippen LogP contribution in [0, 0.1) is 0 Å². The molecule has 0 spiro atoms. The van der Waals surface area contributed by atoms with Gasteiger partial charge in [-0.3, -0.25) is 14.6 Å². The van der Waals surface area contributed by atoms with Crippen LogP contribution >= 0.6 is 11.3 Å². The molecule has 1 aromatic carbocycles. The first-order valence-corrected chi connectivity index (χ1v) is 10.7. The first-order valence-electron chi connectivity index (χ1n) is 9.90. The van der Waals surface area contributed by atoms with Crippen LogP contribution in [0.3, 0.4) is 0 Å². The van der Waals surface area contributed by atoms with E-state index in [1.54, 1.807) is 35.9 Å². The highest BCUT2D eigenvalue weighted by Gasteiger charge is 2.25. The maximum Gasteiger partial charge on any atom is 0.256 e. The zero-order valence-electron chi connectivity index (χ0n) is 16.1. The molecule has 1 aliphatic carbocycles. The van der Waals surface area contributed by atoms with E-state index < -0.39 is 0 Å². The van der Waals surface area contributed by atoms with Crippen LogP contribution < -0.4 is 10.6 Å². The van der Waals surface area contributed by atoms with Crippen molar-refractivity contribution in [1.29, 1.82) is 0 Å². The van der Waals surface area contributed by atoms with Crippen molar-refractivity contribution in [2.45, 2.75) is 38.6 Å². The fraction of sp³-hybridized carbons (Fsp3) is 0.261. The third kappa shape index (κ3) is 4.54. The zero-order chi connectivity index (χ0) is 20.1. The molecule has 148 valence electrons. The molecular weight excluding hydrogens is 382 g/mol. The van der Waals surface area contributed by atoms with Crippen LogP contribution in [0.4, 0.5) is 5.00 Å². The van der Waals surface area contributed by atoms with Gasteiger partial charge in [0.25, 0.3) is 11.8 Å². The number of hydrogen-bond donors (Lipinski definition) is 2. The minimum atomic E-state index is -0.191. The lowest BCUT2D eigenvalue weighted by molar-refractivity contribution is 0.0951. The lowest BCUT2D eigenvalue weighted by Crippen LogP contribution is -2.25. The Hall–Kier alpha value is -2.99. The lowest BCUT2D eigenvalue weighted by atomic mass is 10.0. The van der Waals surface area contributed by atoms with Gasteiger partial charge in [-0.05, 0) is 55.0 Å². The Morgan fingerprint density at radius 1 is 0.966 bits per heavy atom. The molecule has 2 aromatic heterocycles. The molecule has 2 amide bonds. The number of anilines is 1. The molecule has 0 aliphatic heterocycles. The summed E-state index contributed by atoms with van der Waals surface area (Å²) in [5.41, 5.74) is 3.24. The summed E-state index contributed by atoms with van der Waals surface area (Å²) in [5, 5.41) is 6.64. The first kappa shape index (κ1) is 19.3. The van der Waals surface area contributed by atoms with E-state index in [2.05, 4.69) is 15.6 Å². The Morgan fingerprint density at radius 2 is 1.79 bits per heavy atom. The number of thiophene rings is 1. The number of pyridine rings is 1. The van der Waals surface area contributed by atoms with Crippen molar-refractivity contribution in [3.63, 3.8) is 0 Å². The molecule has 4 rings (SSSR count). The molecule has 6 heteroatoms. The first-order chi connectivity index (χ1) is 14.2. The van der Waals surface area contributed by atoms with E-state index in [1.165, 1.54) is 11.3 Å². The molecule has 0 saturated heterocycles. The molecule has 29 heavy (non-hydrogen) atoms. The Bertz CT molecular complexity index is 1000. The van der Waals surface area contributed by atoms with Gasteiger partial charge in [0.2, 0.25) is 0 Å². The van der Waals surface area contributed by atoms with Gasteiger partial charge in [-0.1, -0.05) is 30.7 Å². The van der Waals surface area contributed by atoms with E-state index >= 15 is 0 Å². The molecule has 2 N–H and O–H groups in total. The molecule has 1 aliphatic rings. The second kappa shape index (κ2) is 9.01. The van der Waals surface area contributed by atoms with E-state index in [4.69, 9.17) is 0 Å². The second-order valence-corrected chi connectivity index (χ2v) is 8.24. The van der Waals surface area contributed by atoms with Crippen LogP contribution in [0.5, 0.6) is 0 Å². The third-order valence-corrected chi connectivity index (χ3v) is 6.29. The maximum absolute atomic E-state index is 13.1. The molecule has 5 nitrogen and oxygen atoms in total. The van der Waals surface area contributed by atoms with E-state index in [0.717, 1.165) is 36.8 Å². The smallest absolute Gasteiger partial charge is 0.256 e. The summed E-state index contributed by atoms with van der Waals surface area (Å²) in [4.78, 5) is 31.1. The van der Waals surface area contributed by atoms with Gasteiger partial charge in [0, 0.05) is 29.4 Å². The van der Waals surface area contributed by atoms with Crippen molar-refractivity contribution >= 4 is 28.2 Å². The number of carbonyl (C=O) groups is 2. The van der Waals surface area contributed by atoms with Crippen LogP contribution in [0.15, 0.2) is 54.9 Å². The molecule has 3 aromatic rings. The topological polar surface area (TPSA) is 71.1 Å². The average Bonchev–Trinajstić information content (AvgIpc) is 2.93. The number of benzene rings is 1. The minimum absolute atomic E-state index is 0.142. The number of hydrogen-bond acceptors (Lipinski definition) is 4. The Labute approximate surface area is 174 Å². The van der Waals surface area contributed by atoms with Crippen LogP contribution in [-0.4, -0.2) is 16.8 Å². The fourth-order valence-corrected chi connectivity index (χ4v) is 4.89. The van der Waals surface area contributed by atoms with E-state index in [0.29, 0.717) is 22.7 Å². The molecular formula is C23H23N3O2S. The largest absolute Gasteiger partial charge is 0.348 e. The van der Waals surface area contributed by atoms with Crippen LogP contribution in [0.2, 0.25) is 0 Å². The minimum Gasteiger partial charge on any atom is -0.348 e. The molecule has 0 saturated carbocycles. The normalized spacial score (nSPS) is 13.2. The second-order valence-electron chi connectivity index (χ2n) is 7.13.